The summed E-state index contributed by atoms with van der Waals surface area (Å²) in [5, 5.41) is 2.32. The van der Waals surface area contributed by atoms with Gasteiger partial charge in [-0.2, -0.15) is 0 Å². The number of esters is 1. The van der Waals surface area contributed by atoms with Crippen molar-refractivity contribution in [2.24, 2.45) is 0 Å². The number of ether oxygens (including phenoxy) is 1. The zero-order valence-corrected chi connectivity index (χ0v) is 14.8. The molecule has 0 saturated carbocycles. The summed E-state index contributed by atoms with van der Waals surface area (Å²) in [6.45, 7) is 6.24. The number of hydrogen-bond acceptors (Lipinski definition) is 4. The molecule has 2 aromatic heterocycles. The predicted octanol–water partition coefficient (Wildman–Crippen LogP) is 4.18. The average Bonchev–Trinajstić information content (AvgIpc) is 3.12. The minimum absolute atomic E-state index is 0.0384. The molecule has 0 saturated heterocycles. The lowest BCUT2D eigenvalue weighted by Crippen LogP contribution is -2.18. The molecule has 1 aliphatic rings. The summed E-state index contributed by atoms with van der Waals surface area (Å²) in [6, 6.07) is 3.62. The average molecular weight is 352 g/mol. The molecule has 6 heteroatoms. The number of carbonyl (C=O) groups is 2. The molecule has 2 aromatic rings. The van der Waals surface area contributed by atoms with E-state index in [-0.39, 0.29) is 23.8 Å². The van der Waals surface area contributed by atoms with Crippen LogP contribution in [0.1, 0.15) is 52.8 Å². The second-order valence-electron chi connectivity index (χ2n) is 6.04. The van der Waals surface area contributed by atoms with Gasteiger partial charge in [0.1, 0.15) is 0 Å². The van der Waals surface area contributed by atoms with E-state index in [9.17, 15) is 9.59 Å². The summed E-state index contributed by atoms with van der Waals surface area (Å²) < 4.78 is 7.29. The van der Waals surface area contributed by atoms with E-state index >= 15 is 0 Å². The van der Waals surface area contributed by atoms with Crippen molar-refractivity contribution < 1.29 is 14.3 Å². The molecule has 0 fully saturated rings. The van der Waals surface area contributed by atoms with Crippen molar-refractivity contribution in [3.05, 3.63) is 44.4 Å². The van der Waals surface area contributed by atoms with Gasteiger partial charge in [0.2, 0.25) is 5.78 Å². The van der Waals surface area contributed by atoms with Crippen LogP contribution in [0.25, 0.3) is 0 Å². The second-order valence-corrected chi connectivity index (χ2v) is 7.39. The topological polar surface area (TPSA) is 48.3 Å². The summed E-state index contributed by atoms with van der Waals surface area (Å²) in [5.41, 5.74) is 2.41. The van der Waals surface area contributed by atoms with Crippen molar-refractivity contribution >= 4 is 34.7 Å². The molecule has 23 heavy (non-hydrogen) atoms. The smallest absolute Gasteiger partial charge is 0.315 e. The van der Waals surface area contributed by atoms with Crippen LogP contribution in [0.15, 0.2) is 17.5 Å². The maximum absolute atomic E-state index is 12.8. The van der Waals surface area contributed by atoms with Crippen LogP contribution in [0, 0.1) is 6.92 Å². The van der Waals surface area contributed by atoms with E-state index in [1.54, 1.807) is 11.4 Å². The first-order chi connectivity index (χ1) is 10.9. The highest BCUT2D eigenvalue weighted by atomic mass is 35.5. The van der Waals surface area contributed by atoms with Crippen molar-refractivity contribution in [2.75, 3.05) is 0 Å². The first kappa shape index (κ1) is 16.3. The van der Waals surface area contributed by atoms with Crippen LogP contribution < -0.4 is 0 Å². The normalized spacial score (nSPS) is 16.7. The molecule has 1 unspecified atom stereocenters. The molecule has 0 N–H and O–H groups in total. The first-order valence-electron chi connectivity index (χ1n) is 7.57. The van der Waals surface area contributed by atoms with Crippen molar-refractivity contribution in [2.45, 2.75) is 45.8 Å². The third-order valence-corrected chi connectivity index (χ3v) is 5.24. The van der Waals surface area contributed by atoms with Crippen molar-refractivity contribution in [1.29, 1.82) is 0 Å². The van der Waals surface area contributed by atoms with Gasteiger partial charge in [0.05, 0.1) is 27.6 Å². The van der Waals surface area contributed by atoms with Crippen molar-refractivity contribution in [1.82, 2.24) is 4.57 Å². The molecular formula is C17H18ClNO3S. The van der Waals surface area contributed by atoms with Gasteiger partial charge in [-0.15, -0.1) is 11.3 Å². The Balaban J connectivity index is 1.94. The minimum Gasteiger partial charge on any atom is -0.462 e. The van der Waals surface area contributed by atoms with Crippen LogP contribution in [-0.4, -0.2) is 22.4 Å². The fraction of sp³-hybridized carbons (Fsp3) is 0.412. The molecule has 0 radical (unpaired) electrons. The lowest BCUT2D eigenvalue weighted by molar-refractivity contribution is -0.149. The third kappa shape index (κ3) is 2.95. The van der Waals surface area contributed by atoms with Gasteiger partial charge < -0.3 is 9.30 Å². The quantitative estimate of drug-likeness (QED) is 0.613. The Morgan fingerprint density at radius 1 is 1.39 bits per heavy atom. The summed E-state index contributed by atoms with van der Waals surface area (Å²) in [6.07, 6.45) is 0.536. The fourth-order valence-electron chi connectivity index (χ4n) is 3.05. The molecule has 0 aliphatic carbocycles. The molecule has 3 rings (SSSR count). The molecule has 1 aliphatic heterocycles. The minimum atomic E-state index is -0.287. The van der Waals surface area contributed by atoms with Crippen LogP contribution >= 0.6 is 22.9 Å². The molecule has 0 bridgehead atoms. The van der Waals surface area contributed by atoms with Crippen LogP contribution in [0.3, 0.4) is 0 Å². The van der Waals surface area contributed by atoms with E-state index in [0.717, 1.165) is 11.3 Å². The van der Waals surface area contributed by atoms with E-state index in [1.807, 2.05) is 31.4 Å². The highest BCUT2D eigenvalue weighted by molar-refractivity contribution is 7.12. The lowest BCUT2D eigenvalue weighted by Gasteiger charge is -2.12. The number of aromatic nitrogens is 1. The maximum atomic E-state index is 12.8. The molecule has 0 amide bonds. The van der Waals surface area contributed by atoms with Crippen LogP contribution in [-0.2, 0) is 16.1 Å². The monoisotopic (exact) mass is 351 g/mol. The van der Waals surface area contributed by atoms with E-state index in [2.05, 4.69) is 0 Å². The van der Waals surface area contributed by atoms with Gasteiger partial charge in [-0.1, -0.05) is 11.6 Å². The van der Waals surface area contributed by atoms with E-state index in [4.69, 9.17) is 16.3 Å². The van der Waals surface area contributed by atoms with Crippen LogP contribution in [0.5, 0.6) is 0 Å². The molecule has 4 nitrogen and oxygen atoms in total. The van der Waals surface area contributed by atoms with Crippen LogP contribution in [0.2, 0.25) is 5.02 Å². The Bertz CT molecular complexity index is 775. The number of hydrogen-bond donors (Lipinski definition) is 0. The van der Waals surface area contributed by atoms with Gasteiger partial charge in [0, 0.05) is 17.6 Å². The predicted molar refractivity (Wildman–Crippen MR) is 90.5 cm³/mol. The first-order valence-corrected chi connectivity index (χ1v) is 8.83. The Morgan fingerprint density at radius 2 is 2.13 bits per heavy atom. The zero-order valence-electron chi connectivity index (χ0n) is 13.3. The number of carbonyl (C=O) groups excluding carboxylic acids is 2. The Kier molecular flexibility index (Phi) is 4.34. The van der Waals surface area contributed by atoms with Crippen LogP contribution in [0.4, 0.5) is 0 Å². The molecule has 1 atom stereocenters. The van der Waals surface area contributed by atoms with Gasteiger partial charge in [-0.25, -0.2) is 0 Å². The highest BCUT2D eigenvalue weighted by Gasteiger charge is 2.35. The molecular weight excluding hydrogens is 334 g/mol. The summed E-state index contributed by atoms with van der Waals surface area (Å²) in [4.78, 5) is 25.6. The van der Waals surface area contributed by atoms with Gasteiger partial charge in [-0.05, 0) is 44.9 Å². The maximum Gasteiger partial charge on any atom is 0.315 e. The van der Waals surface area contributed by atoms with Crippen molar-refractivity contribution in [3.8, 4) is 0 Å². The highest BCUT2D eigenvalue weighted by Crippen LogP contribution is 2.35. The molecule has 3 heterocycles. The zero-order chi connectivity index (χ0) is 16.7. The number of fused-ring (bicyclic) bond motifs is 1. The molecule has 122 valence electrons. The lowest BCUT2D eigenvalue weighted by atomic mass is 10.0. The van der Waals surface area contributed by atoms with E-state index < -0.39 is 0 Å². The number of nitrogens with zero attached hydrogens (tertiary/aromatic N) is 1. The van der Waals surface area contributed by atoms with Gasteiger partial charge >= 0.3 is 5.97 Å². The van der Waals surface area contributed by atoms with Gasteiger partial charge in [0.25, 0.3) is 0 Å². The number of thiophene rings is 1. The number of ketones is 1. The van der Waals surface area contributed by atoms with Gasteiger partial charge in [-0.3, -0.25) is 9.59 Å². The Hall–Kier alpha value is -1.59. The largest absolute Gasteiger partial charge is 0.462 e. The number of rotatable bonds is 4. The molecule has 0 spiro atoms. The summed E-state index contributed by atoms with van der Waals surface area (Å²) in [5.74, 6) is -0.539. The molecule has 0 aromatic carbocycles. The number of aryl methyl sites for hydroxylation is 1. The standard InChI is InChI=1S/C17H18ClNO3S/c1-9(2)22-17(21)12-4-5-19-13(12)6-10(3)15(19)16(20)14-7-11(18)8-23-14/h6-9,12H,4-5H2,1-3H3. The van der Waals surface area contributed by atoms with Gasteiger partial charge in [0.15, 0.2) is 0 Å². The Labute approximate surface area is 144 Å². The summed E-state index contributed by atoms with van der Waals surface area (Å²) >= 11 is 7.27. The van der Waals surface area contributed by atoms with E-state index in [1.165, 1.54) is 11.3 Å². The second kappa shape index (κ2) is 6.13. The Morgan fingerprint density at radius 3 is 2.74 bits per heavy atom. The third-order valence-electron chi connectivity index (χ3n) is 3.96. The summed E-state index contributed by atoms with van der Waals surface area (Å²) in [7, 11) is 0. The van der Waals surface area contributed by atoms with E-state index in [0.29, 0.717) is 28.6 Å². The van der Waals surface area contributed by atoms with Crippen molar-refractivity contribution in [3.63, 3.8) is 0 Å². The number of halogens is 1. The SMILES string of the molecule is Cc1cc2n(c1C(=O)c1cc(Cl)cs1)CCC2C(=O)OC(C)C. The fourth-order valence-corrected chi connectivity index (χ4v) is 4.06.